The number of carbonyl (C=O) groups excluding carboxylic acids is 2. The van der Waals surface area contributed by atoms with E-state index >= 15 is 0 Å². The van der Waals surface area contributed by atoms with Gasteiger partial charge in [0.05, 0.1) is 0 Å². The zero-order valence-electron chi connectivity index (χ0n) is 13.0. The summed E-state index contributed by atoms with van der Waals surface area (Å²) >= 11 is 0. The van der Waals surface area contributed by atoms with E-state index in [2.05, 4.69) is 26.1 Å². The number of hydrogen-bond acceptors (Lipinski definition) is 2. The third-order valence-corrected chi connectivity index (χ3v) is 5.02. The largest absolute Gasteiger partial charge is 0.344 e. The predicted molar refractivity (Wildman–Crippen MR) is 79.1 cm³/mol. The lowest BCUT2D eigenvalue weighted by Gasteiger charge is -2.35. The highest BCUT2D eigenvalue weighted by Crippen LogP contribution is 2.29. The van der Waals surface area contributed by atoms with Crippen LogP contribution in [0.25, 0.3) is 0 Å². The van der Waals surface area contributed by atoms with Crippen molar-refractivity contribution in [1.82, 2.24) is 10.2 Å². The number of rotatable bonds is 3. The molecule has 2 fully saturated rings. The molecule has 2 unspecified atom stereocenters. The summed E-state index contributed by atoms with van der Waals surface area (Å²) in [5.74, 6) is 0.927. The zero-order chi connectivity index (χ0) is 14.7. The molecule has 0 spiro atoms. The average molecular weight is 280 g/mol. The standard InChI is InChI=1S/C16H28N2O2/c1-11(2)12(3)18-10-9-14(19)17-15(16(18)20)13-7-5-4-6-8-13/h11-13,15H,4-10H2,1-3H3,(H,17,19). The van der Waals surface area contributed by atoms with Gasteiger partial charge in [0.2, 0.25) is 11.8 Å². The molecule has 4 heteroatoms. The molecule has 1 saturated carbocycles. The van der Waals surface area contributed by atoms with Crippen LogP contribution < -0.4 is 5.32 Å². The van der Waals surface area contributed by atoms with Crippen LogP contribution in [0.2, 0.25) is 0 Å². The number of carbonyl (C=O) groups is 2. The Labute approximate surface area is 122 Å². The molecule has 20 heavy (non-hydrogen) atoms. The summed E-state index contributed by atoms with van der Waals surface area (Å²) < 4.78 is 0. The van der Waals surface area contributed by atoms with Crippen LogP contribution in [0.5, 0.6) is 0 Å². The second kappa shape index (κ2) is 6.59. The minimum absolute atomic E-state index is 0.0346. The van der Waals surface area contributed by atoms with Gasteiger partial charge in [0, 0.05) is 19.0 Å². The molecule has 2 atom stereocenters. The maximum atomic E-state index is 12.8. The second-order valence-electron chi connectivity index (χ2n) is 6.71. The quantitative estimate of drug-likeness (QED) is 0.862. The molecule has 4 nitrogen and oxygen atoms in total. The van der Waals surface area contributed by atoms with Crippen molar-refractivity contribution in [3.63, 3.8) is 0 Å². The van der Waals surface area contributed by atoms with E-state index < -0.39 is 0 Å². The van der Waals surface area contributed by atoms with Crippen LogP contribution in [-0.4, -0.2) is 35.3 Å². The molecule has 2 rings (SSSR count). The van der Waals surface area contributed by atoms with Crippen LogP contribution in [-0.2, 0) is 9.59 Å². The lowest BCUT2D eigenvalue weighted by molar-refractivity contribution is -0.137. The van der Waals surface area contributed by atoms with E-state index in [1.165, 1.54) is 19.3 Å². The van der Waals surface area contributed by atoms with Gasteiger partial charge in [-0.25, -0.2) is 0 Å². The molecule has 1 N–H and O–H groups in total. The molecule has 2 aliphatic rings. The summed E-state index contributed by atoms with van der Waals surface area (Å²) in [5, 5.41) is 2.99. The fourth-order valence-electron chi connectivity index (χ4n) is 3.37. The molecule has 1 aliphatic carbocycles. The Hall–Kier alpha value is -1.06. The highest BCUT2D eigenvalue weighted by Gasteiger charge is 2.37. The van der Waals surface area contributed by atoms with Crippen LogP contribution >= 0.6 is 0 Å². The van der Waals surface area contributed by atoms with E-state index in [1.807, 2.05) is 4.90 Å². The van der Waals surface area contributed by atoms with Crippen molar-refractivity contribution >= 4 is 11.8 Å². The summed E-state index contributed by atoms with van der Waals surface area (Å²) in [6.07, 6.45) is 6.21. The van der Waals surface area contributed by atoms with Gasteiger partial charge in [-0.1, -0.05) is 33.1 Å². The Morgan fingerprint density at radius 3 is 2.35 bits per heavy atom. The topological polar surface area (TPSA) is 49.4 Å². The van der Waals surface area contributed by atoms with Gasteiger partial charge in [0.25, 0.3) is 0 Å². The monoisotopic (exact) mass is 280 g/mol. The third kappa shape index (κ3) is 3.33. The van der Waals surface area contributed by atoms with Gasteiger partial charge in [0.1, 0.15) is 6.04 Å². The zero-order valence-corrected chi connectivity index (χ0v) is 13.0. The summed E-state index contributed by atoms with van der Waals surface area (Å²) in [5.41, 5.74) is 0. The Bertz CT molecular complexity index is 361. The third-order valence-electron chi connectivity index (χ3n) is 5.02. The average Bonchev–Trinajstić information content (AvgIpc) is 2.59. The summed E-state index contributed by atoms with van der Waals surface area (Å²) in [6.45, 7) is 6.92. The highest BCUT2D eigenvalue weighted by atomic mass is 16.2. The Morgan fingerprint density at radius 2 is 1.75 bits per heavy atom. The fraction of sp³-hybridized carbons (Fsp3) is 0.875. The van der Waals surface area contributed by atoms with Crippen LogP contribution in [0.3, 0.4) is 0 Å². The number of hydrogen-bond donors (Lipinski definition) is 1. The van der Waals surface area contributed by atoms with Crippen molar-refractivity contribution in [2.75, 3.05) is 6.54 Å². The minimum Gasteiger partial charge on any atom is -0.344 e. The molecule has 1 aliphatic heterocycles. The molecule has 114 valence electrons. The molecule has 0 radical (unpaired) electrons. The molecular weight excluding hydrogens is 252 g/mol. The molecule has 1 saturated heterocycles. The van der Waals surface area contributed by atoms with Gasteiger partial charge in [0.15, 0.2) is 0 Å². The van der Waals surface area contributed by atoms with Gasteiger partial charge in [-0.05, 0) is 31.6 Å². The van der Waals surface area contributed by atoms with Crippen molar-refractivity contribution in [1.29, 1.82) is 0 Å². The van der Waals surface area contributed by atoms with Gasteiger partial charge in [-0.3, -0.25) is 9.59 Å². The van der Waals surface area contributed by atoms with E-state index in [0.29, 0.717) is 24.8 Å². The summed E-state index contributed by atoms with van der Waals surface area (Å²) in [7, 11) is 0. The first-order chi connectivity index (χ1) is 9.50. The van der Waals surface area contributed by atoms with E-state index in [4.69, 9.17) is 0 Å². The first kappa shape index (κ1) is 15.3. The van der Waals surface area contributed by atoms with Crippen molar-refractivity contribution in [2.45, 2.75) is 71.4 Å². The number of nitrogens with one attached hydrogen (secondary N) is 1. The minimum atomic E-state index is -0.286. The highest BCUT2D eigenvalue weighted by molar-refractivity contribution is 5.90. The van der Waals surface area contributed by atoms with Crippen molar-refractivity contribution in [2.24, 2.45) is 11.8 Å². The van der Waals surface area contributed by atoms with Gasteiger partial charge < -0.3 is 10.2 Å². The molecule has 2 amide bonds. The van der Waals surface area contributed by atoms with E-state index in [1.54, 1.807) is 0 Å². The first-order valence-corrected chi connectivity index (χ1v) is 8.10. The van der Waals surface area contributed by atoms with E-state index in [9.17, 15) is 9.59 Å². The van der Waals surface area contributed by atoms with Gasteiger partial charge in [-0.15, -0.1) is 0 Å². The van der Waals surface area contributed by atoms with Crippen LogP contribution in [0.1, 0.15) is 59.3 Å². The van der Waals surface area contributed by atoms with Crippen molar-refractivity contribution < 1.29 is 9.59 Å². The number of amides is 2. The van der Waals surface area contributed by atoms with Gasteiger partial charge >= 0.3 is 0 Å². The molecule has 0 bridgehead atoms. The lowest BCUT2D eigenvalue weighted by Crippen LogP contribution is -2.52. The maximum Gasteiger partial charge on any atom is 0.245 e. The Kier molecular flexibility index (Phi) is 5.06. The molecular formula is C16H28N2O2. The summed E-state index contributed by atoms with van der Waals surface area (Å²) in [4.78, 5) is 26.7. The SMILES string of the molecule is CC(C)C(C)N1CCC(=O)NC(C2CCCCC2)C1=O. The lowest BCUT2D eigenvalue weighted by atomic mass is 9.83. The smallest absolute Gasteiger partial charge is 0.245 e. The molecule has 0 aromatic rings. The molecule has 0 aromatic heterocycles. The normalized spacial score (nSPS) is 27.4. The van der Waals surface area contributed by atoms with E-state index in [0.717, 1.165) is 12.8 Å². The maximum absolute atomic E-state index is 12.8. The second-order valence-corrected chi connectivity index (χ2v) is 6.71. The van der Waals surface area contributed by atoms with Crippen LogP contribution in [0, 0.1) is 11.8 Å². The van der Waals surface area contributed by atoms with E-state index in [-0.39, 0.29) is 23.9 Å². The van der Waals surface area contributed by atoms with Crippen LogP contribution in [0.4, 0.5) is 0 Å². The Balaban J connectivity index is 2.15. The van der Waals surface area contributed by atoms with Gasteiger partial charge in [-0.2, -0.15) is 0 Å². The first-order valence-electron chi connectivity index (χ1n) is 8.10. The van der Waals surface area contributed by atoms with Crippen LogP contribution in [0.15, 0.2) is 0 Å². The van der Waals surface area contributed by atoms with Crippen molar-refractivity contribution in [3.05, 3.63) is 0 Å². The molecule has 1 heterocycles. The summed E-state index contributed by atoms with van der Waals surface area (Å²) in [6, 6.07) is -0.0900. The number of nitrogens with zero attached hydrogens (tertiary/aromatic N) is 1. The molecule has 0 aromatic carbocycles. The Morgan fingerprint density at radius 1 is 1.10 bits per heavy atom. The predicted octanol–water partition coefficient (Wildman–Crippen LogP) is 2.33. The fourth-order valence-corrected chi connectivity index (χ4v) is 3.37. The van der Waals surface area contributed by atoms with Crippen molar-refractivity contribution in [3.8, 4) is 0 Å².